The SMILES string of the molecule is CNCc1ccc(N2CCSCC2)c(Br)c1. The van der Waals surface area contributed by atoms with Crippen molar-refractivity contribution < 1.29 is 0 Å². The average molecular weight is 301 g/mol. The van der Waals surface area contributed by atoms with Crippen molar-refractivity contribution in [1.82, 2.24) is 5.32 Å². The maximum atomic E-state index is 3.68. The van der Waals surface area contributed by atoms with E-state index in [4.69, 9.17) is 0 Å². The molecule has 0 spiro atoms. The van der Waals surface area contributed by atoms with Crippen molar-refractivity contribution in [3.05, 3.63) is 28.2 Å². The van der Waals surface area contributed by atoms with Gasteiger partial charge in [-0.2, -0.15) is 11.8 Å². The van der Waals surface area contributed by atoms with Gasteiger partial charge < -0.3 is 10.2 Å². The van der Waals surface area contributed by atoms with Crippen LogP contribution in [0.15, 0.2) is 22.7 Å². The van der Waals surface area contributed by atoms with Crippen LogP contribution in [0.4, 0.5) is 5.69 Å². The minimum Gasteiger partial charge on any atom is -0.369 e. The van der Waals surface area contributed by atoms with Gasteiger partial charge in [-0.15, -0.1) is 0 Å². The molecule has 4 heteroatoms. The van der Waals surface area contributed by atoms with Crippen LogP contribution < -0.4 is 10.2 Å². The van der Waals surface area contributed by atoms with E-state index in [2.05, 4.69) is 44.3 Å². The van der Waals surface area contributed by atoms with E-state index in [1.54, 1.807) is 0 Å². The summed E-state index contributed by atoms with van der Waals surface area (Å²) < 4.78 is 1.21. The van der Waals surface area contributed by atoms with Crippen LogP contribution in [0.5, 0.6) is 0 Å². The minimum absolute atomic E-state index is 0.925. The number of hydrogen-bond acceptors (Lipinski definition) is 3. The second kappa shape index (κ2) is 5.94. The molecule has 1 aliphatic heterocycles. The highest BCUT2D eigenvalue weighted by Gasteiger charge is 2.13. The first-order valence-electron chi connectivity index (χ1n) is 5.57. The van der Waals surface area contributed by atoms with Crippen LogP contribution >= 0.6 is 27.7 Å². The first kappa shape index (κ1) is 12.3. The smallest absolute Gasteiger partial charge is 0.0511 e. The fourth-order valence-corrected chi connectivity index (χ4v) is 3.51. The monoisotopic (exact) mass is 300 g/mol. The van der Waals surface area contributed by atoms with Crippen LogP contribution in [-0.2, 0) is 6.54 Å². The molecule has 16 heavy (non-hydrogen) atoms. The molecule has 0 aromatic heterocycles. The molecule has 1 saturated heterocycles. The molecule has 1 heterocycles. The van der Waals surface area contributed by atoms with Crippen molar-refractivity contribution in [3.63, 3.8) is 0 Å². The first-order chi connectivity index (χ1) is 7.81. The zero-order valence-corrected chi connectivity index (χ0v) is 11.9. The van der Waals surface area contributed by atoms with Crippen LogP contribution in [0.3, 0.4) is 0 Å². The third kappa shape index (κ3) is 2.93. The second-order valence-electron chi connectivity index (χ2n) is 3.92. The van der Waals surface area contributed by atoms with Crippen LogP contribution in [0.2, 0.25) is 0 Å². The summed E-state index contributed by atoms with van der Waals surface area (Å²) in [7, 11) is 1.98. The molecule has 0 bridgehead atoms. The highest BCUT2D eigenvalue weighted by atomic mass is 79.9. The molecule has 2 nitrogen and oxygen atoms in total. The molecular weight excluding hydrogens is 284 g/mol. The fourth-order valence-electron chi connectivity index (χ4n) is 1.93. The number of benzene rings is 1. The van der Waals surface area contributed by atoms with Gasteiger partial charge in [-0.1, -0.05) is 6.07 Å². The Labute approximate surface area is 110 Å². The van der Waals surface area contributed by atoms with Crippen LogP contribution in [0.25, 0.3) is 0 Å². The molecule has 1 fully saturated rings. The van der Waals surface area contributed by atoms with Crippen LogP contribution in [0.1, 0.15) is 5.56 Å². The number of rotatable bonds is 3. The Morgan fingerprint density at radius 2 is 2.12 bits per heavy atom. The van der Waals surface area contributed by atoms with Gasteiger partial charge in [-0.3, -0.25) is 0 Å². The van der Waals surface area contributed by atoms with Crippen molar-refractivity contribution in [1.29, 1.82) is 0 Å². The van der Waals surface area contributed by atoms with E-state index in [0.717, 1.165) is 19.6 Å². The van der Waals surface area contributed by atoms with E-state index in [-0.39, 0.29) is 0 Å². The summed E-state index contributed by atoms with van der Waals surface area (Å²) in [5.41, 5.74) is 2.66. The highest BCUT2D eigenvalue weighted by Crippen LogP contribution is 2.29. The zero-order valence-electron chi connectivity index (χ0n) is 9.50. The zero-order chi connectivity index (χ0) is 11.4. The molecule has 0 aliphatic carbocycles. The molecule has 1 aromatic rings. The molecule has 0 saturated carbocycles. The Kier molecular flexibility index (Phi) is 4.55. The lowest BCUT2D eigenvalue weighted by molar-refractivity contribution is 0.814. The van der Waals surface area contributed by atoms with Gasteiger partial charge in [0.25, 0.3) is 0 Å². The molecular formula is C12H17BrN2S. The van der Waals surface area contributed by atoms with Gasteiger partial charge >= 0.3 is 0 Å². The summed E-state index contributed by atoms with van der Waals surface area (Å²) in [5.74, 6) is 2.48. The first-order valence-corrected chi connectivity index (χ1v) is 7.52. The highest BCUT2D eigenvalue weighted by molar-refractivity contribution is 9.10. The van der Waals surface area contributed by atoms with Crippen LogP contribution in [0, 0.1) is 0 Å². The number of nitrogens with zero attached hydrogens (tertiary/aromatic N) is 1. The Balaban J connectivity index is 2.14. The van der Waals surface area contributed by atoms with Crippen molar-refractivity contribution in [2.45, 2.75) is 6.54 Å². The summed E-state index contributed by atoms with van der Waals surface area (Å²) in [5, 5.41) is 3.17. The van der Waals surface area contributed by atoms with Gasteiger partial charge in [0.15, 0.2) is 0 Å². The van der Waals surface area contributed by atoms with Gasteiger partial charge in [0.2, 0.25) is 0 Å². The van der Waals surface area contributed by atoms with Gasteiger partial charge in [0, 0.05) is 35.6 Å². The second-order valence-corrected chi connectivity index (χ2v) is 5.99. The maximum Gasteiger partial charge on any atom is 0.0511 e. The lowest BCUT2D eigenvalue weighted by atomic mass is 10.2. The predicted molar refractivity (Wildman–Crippen MR) is 76.4 cm³/mol. The Hall–Kier alpha value is -0.190. The summed E-state index contributed by atoms with van der Waals surface area (Å²) in [6, 6.07) is 6.65. The largest absolute Gasteiger partial charge is 0.369 e. The third-order valence-corrected chi connectivity index (χ3v) is 4.32. The molecule has 88 valence electrons. The average Bonchev–Trinajstić information content (AvgIpc) is 2.31. The molecule has 2 rings (SSSR count). The lowest BCUT2D eigenvalue weighted by Gasteiger charge is -2.29. The molecule has 1 aromatic carbocycles. The number of halogens is 1. The van der Waals surface area contributed by atoms with Crippen molar-refractivity contribution in [2.24, 2.45) is 0 Å². The van der Waals surface area contributed by atoms with Gasteiger partial charge in [0.05, 0.1) is 5.69 Å². The number of nitrogens with one attached hydrogen (secondary N) is 1. The fraction of sp³-hybridized carbons (Fsp3) is 0.500. The molecule has 1 aliphatic rings. The molecule has 0 unspecified atom stereocenters. The molecule has 0 radical (unpaired) electrons. The third-order valence-electron chi connectivity index (χ3n) is 2.74. The van der Waals surface area contributed by atoms with E-state index in [0.29, 0.717) is 0 Å². The summed E-state index contributed by atoms with van der Waals surface area (Å²) >= 11 is 5.72. The van der Waals surface area contributed by atoms with Crippen molar-refractivity contribution in [3.8, 4) is 0 Å². The van der Waals surface area contributed by atoms with E-state index in [1.807, 2.05) is 18.8 Å². The maximum absolute atomic E-state index is 3.68. The number of anilines is 1. The minimum atomic E-state index is 0.925. The van der Waals surface area contributed by atoms with Gasteiger partial charge in [0.1, 0.15) is 0 Å². The summed E-state index contributed by atoms with van der Waals surface area (Å²) in [4.78, 5) is 2.46. The standard InChI is InChI=1S/C12H17BrN2S/c1-14-9-10-2-3-12(11(13)8-10)15-4-6-16-7-5-15/h2-3,8,14H,4-7,9H2,1H3. The van der Waals surface area contributed by atoms with E-state index in [1.165, 1.54) is 27.2 Å². The van der Waals surface area contributed by atoms with Crippen molar-refractivity contribution >= 4 is 33.4 Å². The van der Waals surface area contributed by atoms with E-state index < -0.39 is 0 Å². The quantitative estimate of drug-likeness (QED) is 0.924. The number of hydrogen-bond donors (Lipinski definition) is 1. The van der Waals surface area contributed by atoms with Gasteiger partial charge in [-0.25, -0.2) is 0 Å². The lowest BCUT2D eigenvalue weighted by Crippen LogP contribution is -2.32. The van der Waals surface area contributed by atoms with E-state index >= 15 is 0 Å². The summed E-state index contributed by atoms with van der Waals surface area (Å²) in [6.07, 6.45) is 0. The van der Waals surface area contributed by atoms with Crippen molar-refractivity contribution in [2.75, 3.05) is 36.5 Å². The molecule has 1 N–H and O–H groups in total. The van der Waals surface area contributed by atoms with E-state index in [9.17, 15) is 0 Å². The molecule has 0 amide bonds. The summed E-state index contributed by atoms with van der Waals surface area (Å²) in [6.45, 7) is 3.25. The Bertz CT molecular complexity index is 351. The Morgan fingerprint density at radius 1 is 1.38 bits per heavy atom. The molecule has 0 atom stereocenters. The topological polar surface area (TPSA) is 15.3 Å². The normalized spacial score (nSPS) is 16.5. The van der Waals surface area contributed by atoms with Gasteiger partial charge in [-0.05, 0) is 40.7 Å². The van der Waals surface area contributed by atoms with Crippen LogP contribution in [-0.4, -0.2) is 31.6 Å². The Morgan fingerprint density at radius 3 is 2.75 bits per heavy atom. The predicted octanol–water partition coefficient (Wildman–Crippen LogP) is 2.72. The number of thioether (sulfide) groups is 1.